The number of hydrogen-bond donors (Lipinski definition) is 0. The van der Waals surface area contributed by atoms with Crippen molar-refractivity contribution >= 4 is 17.6 Å². The SMILES string of the molecule is O=C1CC2COCCN2C(=O)N1c1ccc(F)cc1. The van der Waals surface area contributed by atoms with Crippen LogP contribution in [0.15, 0.2) is 24.3 Å². The lowest BCUT2D eigenvalue weighted by atomic mass is 10.1. The van der Waals surface area contributed by atoms with Gasteiger partial charge in [0.1, 0.15) is 5.82 Å². The Morgan fingerprint density at radius 1 is 1.21 bits per heavy atom. The first-order valence-electron chi connectivity index (χ1n) is 6.13. The average molecular weight is 264 g/mol. The number of halogens is 1. The van der Waals surface area contributed by atoms with Crippen LogP contribution in [0.25, 0.3) is 0 Å². The molecule has 3 amide bonds. The number of nitrogens with zero attached hydrogens (tertiary/aromatic N) is 2. The van der Waals surface area contributed by atoms with Gasteiger partial charge in [0.05, 0.1) is 31.4 Å². The summed E-state index contributed by atoms with van der Waals surface area (Å²) >= 11 is 0. The van der Waals surface area contributed by atoms with Crippen LogP contribution in [-0.2, 0) is 9.53 Å². The van der Waals surface area contributed by atoms with Crippen LogP contribution < -0.4 is 4.90 Å². The quantitative estimate of drug-likeness (QED) is 0.770. The Morgan fingerprint density at radius 2 is 1.95 bits per heavy atom. The minimum Gasteiger partial charge on any atom is -0.377 e. The Labute approximate surface area is 109 Å². The summed E-state index contributed by atoms with van der Waals surface area (Å²) in [4.78, 5) is 27.2. The van der Waals surface area contributed by atoms with Crippen molar-refractivity contribution in [3.8, 4) is 0 Å². The Kier molecular flexibility index (Phi) is 2.94. The van der Waals surface area contributed by atoms with E-state index in [9.17, 15) is 14.0 Å². The van der Waals surface area contributed by atoms with E-state index in [1.807, 2.05) is 0 Å². The maximum absolute atomic E-state index is 12.9. The first kappa shape index (κ1) is 12.1. The van der Waals surface area contributed by atoms with Crippen LogP contribution in [0.3, 0.4) is 0 Å². The molecule has 2 saturated heterocycles. The highest BCUT2D eigenvalue weighted by Gasteiger charge is 2.40. The highest BCUT2D eigenvalue weighted by molar-refractivity contribution is 6.16. The van der Waals surface area contributed by atoms with Crippen LogP contribution in [0.4, 0.5) is 14.9 Å². The molecule has 0 radical (unpaired) electrons. The summed E-state index contributed by atoms with van der Waals surface area (Å²) in [6.07, 6.45) is 0.239. The zero-order valence-corrected chi connectivity index (χ0v) is 10.2. The number of morpholine rings is 1. The van der Waals surface area contributed by atoms with Crippen molar-refractivity contribution in [3.05, 3.63) is 30.1 Å². The number of benzene rings is 1. The molecule has 0 aliphatic carbocycles. The van der Waals surface area contributed by atoms with Crippen LogP contribution in [0.2, 0.25) is 0 Å². The molecule has 0 saturated carbocycles. The minimum atomic E-state index is -0.398. The fourth-order valence-corrected chi connectivity index (χ4v) is 2.45. The highest BCUT2D eigenvalue weighted by Crippen LogP contribution is 2.26. The molecule has 2 aliphatic heterocycles. The van der Waals surface area contributed by atoms with Gasteiger partial charge in [-0.15, -0.1) is 0 Å². The number of carbonyl (C=O) groups is 2. The molecule has 1 aromatic rings. The van der Waals surface area contributed by atoms with Crippen molar-refractivity contribution in [1.82, 2.24) is 4.90 Å². The Balaban J connectivity index is 1.90. The third kappa shape index (κ3) is 2.08. The van der Waals surface area contributed by atoms with E-state index in [0.717, 1.165) is 4.90 Å². The summed E-state index contributed by atoms with van der Waals surface area (Å²) in [5.74, 6) is -0.673. The Hall–Kier alpha value is -1.95. The fourth-order valence-electron chi connectivity index (χ4n) is 2.45. The molecule has 2 aliphatic rings. The average Bonchev–Trinajstić information content (AvgIpc) is 2.41. The molecule has 1 atom stereocenters. The van der Waals surface area contributed by atoms with E-state index in [4.69, 9.17) is 4.74 Å². The van der Waals surface area contributed by atoms with Gasteiger partial charge in [0.2, 0.25) is 5.91 Å². The normalized spacial score (nSPS) is 23.5. The predicted octanol–water partition coefficient (Wildman–Crippen LogP) is 1.38. The van der Waals surface area contributed by atoms with Gasteiger partial charge in [-0.3, -0.25) is 4.79 Å². The minimum absolute atomic E-state index is 0.176. The maximum atomic E-state index is 12.9. The standard InChI is InChI=1S/C13H13FN2O3/c14-9-1-3-10(4-2-9)16-12(17)7-11-8-19-6-5-15(11)13(16)18/h1-4,11H,5-8H2. The molecule has 1 unspecified atom stereocenters. The van der Waals surface area contributed by atoms with E-state index in [0.29, 0.717) is 25.4 Å². The van der Waals surface area contributed by atoms with Crippen molar-refractivity contribution in [3.63, 3.8) is 0 Å². The van der Waals surface area contributed by atoms with E-state index in [1.165, 1.54) is 24.3 Å². The zero-order chi connectivity index (χ0) is 13.4. The Bertz CT molecular complexity index is 517. The predicted molar refractivity (Wildman–Crippen MR) is 65.2 cm³/mol. The second-order valence-corrected chi connectivity index (χ2v) is 4.61. The number of anilines is 1. The third-order valence-corrected chi connectivity index (χ3v) is 3.41. The molecule has 2 fully saturated rings. The van der Waals surface area contributed by atoms with Gasteiger partial charge in [0.25, 0.3) is 0 Å². The molecule has 100 valence electrons. The lowest BCUT2D eigenvalue weighted by Gasteiger charge is -2.42. The van der Waals surface area contributed by atoms with Gasteiger partial charge in [-0.1, -0.05) is 0 Å². The number of imide groups is 1. The molecule has 5 nitrogen and oxygen atoms in total. The summed E-state index contributed by atoms with van der Waals surface area (Å²) in [7, 11) is 0. The zero-order valence-electron chi connectivity index (χ0n) is 10.2. The molecular weight excluding hydrogens is 251 g/mol. The van der Waals surface area contributed by atoms with Crippen LogP contribution in [-0.4, -0.2) is 42.6 Å². The molecule has 0 bridgehead atoms. The molecule has 0 N–H and O–H groups in total. The first-order chi connectivity index (χ1) is 9.16. The van der Waals surface area contributed by atoms with Crippen molar-refractivity contribution in [1.29, 1.82) is 0 Å². The van der Waals surface area contributed by atoms with Gasteiger partial charge in [-0.05, 0) is 24.3 Å². The van der Waals surface area contributed by atoms with E-state index >= 15 is 0 Å². The van der Waals surface area contributed by atoms with Gasteiger partial charge in [-0.2, -0.15) is 0 Å². The van der Waals surface area contributed by atoms with Gasteiger partial charge in [0, 0.05) is 6.54 Å². The lowest BCUT2D eigenvalue weighted by Crippen LogP contribution is -2.61. The number of amides is 3. The third-order valence-electron chi connectivity index (χ3n) is 3.41. The van der Waals surface area contributed by atoms with E-state index < -0.39 is 5.82 Å². The summed E-state index contributed by atoms with van der Waals surface area (Å²) < 4.78 is 18.2. The van der Waals surface area contributed by atoms with Crippen LogP contribution >= 0.6 is 0 Å². The summed E-state index contributed by atoms with van der Waals surface area (Å²) in [6, 6.07) is 4.82. The second-order valence-electron chi connectivity index (χ2n) is 4.61. The van der Waals surface area contributed by atoms with E-state index in [2.05, 4.69) is 0 Å². The topological polar surface area (TPSA) is 49.9 Å². The van der Waals surface area contributed by atoms with Crippen molar-refractivity contribution in [2.75, 3.05) is 24.7 Å². The molecule has 6 heteroatoms. The fraction of sp³-hybridized carbons (Fsp3) is 0.385. The van der Waals surface area contributed by atoms with Gasteiger partial charge >= 0.3 is 6.03 Å². The number of fused-ring (bicyclic) bond motifs is 1. The monoisotopic (exact) mass is 264 g/mol. The molecular formula is C13H13FN2O3. The van der Waals surface area contributed by atoms with Gasteiger partial charge < -0.3 is 9.64 Å². The van der Waals surface area contributed by atoms with Crippen molar-refractivity contribution in [2.45, 2.75) is 12.5 Å². The largest absolute Gasteiger partial charge is 0.377 e. The summed E-state index contributed by atoms with van der Waals surface area (Å²) in [5.41, 5.74) is 0.404. The van der Waals surface area contributed by atoms with E-state index in [-0.39, 0.29) is 24.4 Å². The molecule has 3 rings (SSSR count). The van der Waals surface area contributed by atoms with Gasteiger partial charge in [0.15, 0.2) is 0 Å². The summed E-state index contributed by atoms with van der Waals surface area (Å²) in [6.45, 7) is 1.36. The summed E-state index contributed by atoms with van der Waals surface area (Å²) in [5, 5.41) is 0. The number of rotatable bonds is 1. The number of hydrogen-bond acceptors (Lipinski definition) is 3. The Morgan fingerprint density at radius 3 is 2.68 bits per heavy atom. The van der Waals surface area contributed by atoms with E-state index in [1.54, 1.807) is 4.90 Å². The molecule has 0 spiro atoms. The van der Waals surface area contributed by atoms with Crippen LogP contribution in [0.5, 0.6) is 0 Å². The van der Waals surface area contributed by atoms with Crippen LogP contribution in [0, 0.1) is 5.82 Å². The molecule has 1 aromatic carbocycles. The molecule has 0 aromatic heterocycles. The number of carbonyl (C=O) groups excluding carboxylic acids is 2. The van der Waals surface area contributed by atoms with Gasteiger partial charge in [-0.25, -0.2) is 14.1 Å². The first-order valence-corrected chi connectivity index (χ1v) is 6.13. The van der Waals surface area contributed by atoms with Crippen molar-refractivity contribution in [2.24, 2.45) is 0 Å². The number of urea groups is 1. The number of ether oxygens (including phenoxy) is 1. The van der Waals surface area contributed by atoms with Crippen LogP contribution in [0.1, 0.15) is 6.42 Å². The molecule has 2 heterocycles. The highest BCUT2D eigenvalue weighted by atomic mass is 19.1. The molecule has 19 heavy (non-hydrogen) atoms. The van der Waals surface area contributed by atoms with Crippen molar-refractivity contribution < 1.29 is 18.7 Å². The maximum Gasteiger partial charge on any atom is 0.331 e. The lowest BCUT2D eigenvalue weighted by molar-refractivity contribution is -0.122. The smallest absolute Gasteiger partial charge is 0.331 e. The second kappa shape index (κ2) is 4.62.